The Morgan fingerprint density at radius 1 is 1.21 bits per heavy atom. The fourth-order valence-electron chi connectivity index (χ4n) is 2.40. The van der Waals surface area contributed by atoms with E-state index in [1.165, 1.54) is 29.4 Å². The van der Waals surface area contributed by atoms with E-state index in [-0.39, 0.29) is 5.97 Å². The van der Waals surface area contributed by atoms with Gasteiger partial charge in [0.15, 0.2) is 0 Å². The lowest BCUT2D eigenvalue weighted by Crippen LogP contribution is -2.21. The molecule has 106 valence electrons. The van der Waals surface area contributed by atoms with Gasteiger partial charge >= 0.3 is 5.97 Å². The summed E-state index contributed by atoms with van der Waals surface area (Å²) in [6, 6.07) is 4.45. The first-order valence-electron chi connectivity index (χ1n) is 6.76. The number of hydrogen-bond donors (Lipinski definition) is 0. The minimum atomic E-state index is -0.129. The Bertz CT molecular complexity index is 417. The summed E-state index contributed by atoms with van der Waals surface area (Å²) in [7, 11) is 3.53. The SMILES string of the molecule is COC(=O)CCCN(C)Cc1c(C)cc(C)cc1C. The Labute approximate surface area is 116 Å². The van der Waals surface area contributed by atoms with Crippen molar-refractivity contribution < 1.29 is 9.53 Å². The maximum Gasteiger partial charge on any atom is 0.305 e. The van der Waals surface area contributed by atoms with Crippen molar-refractivity contribution in [3.8, 4) is 0 Å². The van der Waals surface area contributed by atoms with Crippen LogP contribution in [0.3, 0.4) is 0 Å². The molecule has 0 N–H and O–H groups in total. The van der Waals surface area contributed by atoms with Gasteiger partial charge in [0, 0.05) is 13.0 Å². The molecule has 0 unspecified atom stereocenters. The molecule has 1 aromatic carbocycles. The molecule has 0 aliphatic carbocycles. The molecule has 0 saturated heterocycles. The molecule has 19 heavy (non-hydrogen) atoms. The van der Waals surface area contributed by atoms with Gasteiger partial charge in [0.25, 0.3) is 0 Å². The fraction of sp³-hybridized carbons (Fsp3) is 0.562. The number of carbonyl (C=O) groups is 1. The van der Waals surface area contributed by atoms with Crippen LogP contribution in [0.5, 0.6) is 0 Å². The second-order valence-corrected chi connectivity index (χ2v) is 5.29. The van der Waals surface area contributed by atoms with Crippen LogP contribution in [-0.4, -0.2) is 31.6 Å². The highest BCUT2D eigenvalue weighted by molar-refractivity contribution is 5.69. The van der Waals surface area contributed by atoms with Crippen LogP contribution < -0.4 is 0 Å². The van der Waals surface area contributed by atoms with E-state index in [2.05, 4.69) is 49.6 Å². The van der Waals surface area contributed by atoms with Crippen LogP contribution in [0.25, 0.3) is 0 Å². The standard InChI is InChI=1S/C16H25NO2/c1-12-9-13(2)15(14(3)10-12)11-17(4)8-6-7-16(18)19-5/h9-10H,6-8,11H2,1-5H3. The fourth-order valence-corrected chi connectivity index (χ4v) is 2.40. The van der Waals surface area contributed by atoms with Crippen molar-refractivity contribution in [2.45, 2.75) is 40.2 Å². The minimum Gasteiger partial charge on any atom is -0.469 e. The molecule has 0 bridgehead atoms. The lowest BCUT2D eigenvalue weighted by molar-refractivity contribution is -0.140. The van der Waals surface area contributed by atoms with E-state index in [1.54, 1.807) is 0 Å². The van der Waals surface area contributed by atoms with Crippen LogP contribution in [-0.2, 0) is 16.1 Å². The molecule has 0 aliphatic heterocycles. The van der Waals surface area contributed by atoms with E-state index in [0.717, 1.165) is 19.5 Å². The Morgan fingerprint density at radius 2 is 1.79 bits per heavy atom. The summed E-state index contributed by atoms with van der Waals surface area (Å²) in [5.74, 6) is -0.129. The van der Waals surface area contributed by atoms with Gasteiger partial charge in [0.1, 0.15) is 0 Å². The number of benzene rings is 1. The van der Waals surface area contributed by atoms with Crippen LogP contribution >= 0.6 is 0 Å². The summed E-state index contributed by atoms with van der Waals surface area (Å²) in [4.78, 5) is 13.3. The largest absolute Gasteiger partial charge is 0.469 e. The second-order valence-electron chi connectivity index (χ2n) is 5.29. The van der Waals surface area contributed by atoms with Gasteiger partial charge in [-0.3, -0.25) is 4.79 Å². The summed E-state index contributed by atoms with van der Waals surface area (Å²) >= 11 is 0. The first kappa shape index (κ1) is 15.7. The molecule has 1 aromatic rings. The molecule has 0 saturated carbocycles. The van der Waals surface area contributed by atoms with Crippen LogP contribution in [0.2, 0.25) is 0 Å². The smallest absolute Gasteiger partial charge is 0.305 e. The predicted molar refractivity (Wildman–Crippen MR) is 78.2 cm³/mol. The Hall–Kier alpha value is -1.35. The molecule has 3 heteroatoms. The topological polar surface area (TPSA) is 29.5 Å². The summed E-state index contributed by atoms with van der Waals surface area (Å²) < 4.78 is 4.64. The summed E-state index contributed by atoms with van der Waals surface area (Å²) in [5.41, 5.74) is 5.40. The summed E-state index contributed by atoms with van der Waals surface area (Å²) in [6.07, 6.45) is 1.33. The number of methoxy groups -OCH3 is 1. The van der Waals surface area contributed by atoms with E-state index >= 15 is 0 Å². The molecule has 0 heterocycles. The average molecular weight is 263 g/mol. The molecule has 3 nitrogen and oxygen atoms in total. The van der Waals surface area contributed by atoms with Crippen molar-refractivity contribution in [3.05, 3.63) is 34.4 Å². The normalized spacial score (nSPS) is 10.8. The van der Waals surface area contributed by atoms with Crippen molar-refractivity contribution in [2.24, 2.45) is 0 Å². The first-order chi connectivity index (χ1) is 8.93. The third-order valence-corrected chi connectivity index (χ3v) is 3.42. The van der Waals surface area contributed by atoms with Gasteiger partial charge in [-0.1, -0.05) is 17.7 Å². The number of nitrogens with zero attached hydrogens (tertiary/aromatic N) is 1. The zero-order valence-electron chi connectivity index (χ0n) is 12.7. The monoisotopic (exact) mass is 263 g/mol. The van der Waals surface area contributed by atoms with Gasteiger partial charge in [0.05, 0.1) is 7.11 Å². The third-order valence-electron chi connectivity index (χ3n) is 3.42. The third kappa shape index (κ3) is 5.03. The van der Waals surface area contributed by atoms with Gasteiger partial charge in [-0.15, -0.1) is 0 Å². The van der Waals surface area contributed by atoms with Gasteiger partial charge in [-0.2, -0.15) is 0 Å². The van der Waals surface area contributed by atoms with Crippen molar-refractivity contribution in [1.82, 2.24) is 4.90 Å². The lowest BCUT2D eigenvalue weighted by Gasteiger charge is -2.20. The number of hydrogen-bond acceptors (Lipinski definition) is 3. The molecular weight excluding hydrogens is 238 g/mol. The summed E-state index contributed by atoms with van der Waals surface area (Å²) in [6.45, 7) is 8.29. The number of carbonyl (C=O) groups excluding carboxylic acids is 1. The Kier molecular flexibility index (Phi) is 6.03. The van der Waals surface area contributed by atoms with E-state index < -0.39 is 0 Å². The zero-order valence-corrected chi connectivity index (χ0v) is 12.7. The number of aryl methyl sites for hydroxylation is 3. The van der Waals surface area contributed by atoms with Gasteiger partial charge in [0.2, 0.25) is 0 Å². The minimum absolute atomic E-state index is 0.129. The van der Waals surface area contributed by atoms with Crippen LogP contribution in [0, 0.1) is 20.8 Å². The van der Waals surface area contributed by atoms with E-state index in [4.69, 9.17) is 0 Å². The van der Waals surface area contributed by atoms with Crippen molar-refractivity contribution in [3.63, 3.8) is 0 Å². The predicted octanol–water partition coefficient (Wildman–Crippen LogP) is 3.00. The zero-order chi connectivity index (χ0) is 14.4. The number of ether oxygens (including phenoxy) is 1. The molecule has 0 amide bonds. The van der Waals surface area contributed by atoms with Gasteiger partial charge in [-0.25, -0.2) is 0 Å². The van der Waals surface area contributed by atoms with Crippen molar-refractivity contribution >= 4 is 5.97 Å². The van der Waals surface area contributed by atoms with Crippen molar-refractivity contribution in [2.75, 3.05) is 20.7 Å². The summed E-state index contributed by atoms with van der Waals surface area (Å²) in [5, 5.41) is 0. The maximum absolute atomic E-state index is 11.1. The molecule has 0 aliphatic rings. The van der Waals surface area contributed by atoms with E-state index in [9.17, 15) is 4.79 Å². The van der Waals surface area contributed by atoms with Crippen LogP contribution in [0.1, 0.15) is 35.1 Å². The molecule has 0 spiro atoms. The Balaban J connectivity index is 2.53. The number of esters is 1. The maximum atomic E-state index is 11.1. The molecule has 0 aromatic heterocycles. The molecule has 0 radical (unpaired) electrons. The molecule has 0 fully saturated rings. The first-order valence-corrected chi connectivity index (χ1v) is 6.76. The Morgan fingerprint density at radius 3 is 2.32 bits per heavy atom. The molecular formula is C16H25NO2. The van der Waals surface area contributed by atoms with Crippen molar-refractivity contribution in [1.29, 1.82) is 0 Å². The highest BCUT2D eigenvalue weighted by atomic mass is 16.5. The number of rotatable bonds is 6. The van der Waals surface area contributed by atoms with E-state index in [0.29, 0.717) is 6.42 Å². The lowest BCUT2D eigenvalue weighted by atomic mass is 9.99. The second kappa shape index (κ2) is 7.29. The quantitative estimate of drug-likeness (QED) is 0.739. The average Bonchev–Trinajstić information content (AvgIpc) is 2.33. The van der Waals surface area contributed by atoms with Gasteiger partial charge in [-0.05, 0) is 57.5 Å². The van der Waals surface area contributed by atoms with Gasteiger partial charge < -0.3 is 9.64 Å². The van der Waals surface area contributed by atoms with E-state index in [1.807, 2.05) is 0 Å². The van der Waals surface area contributed by atoms with Crippen LogP contribution in [0.15, 0.2) is 12.1 Å². The highest BCUT2D eigenvalue weighted by Gasteiger charge is 2.08. The molecule has 0 atom stereocenters. The highest BCUT2D eigenvalue weighted by Crippen LogP contribution is 2.18. The van der Waals surface area contributed by atoms with Crippen LogP contribution in [0.4, 0.5) is 0 Å². The molecule has 1 rings (SSSR count).